The molecule has 2 aromatic carbocycles. The summed E-state index contributed by atoms with van der Waals surface area (Å²) in [6, 6.07) is 9.61. The lowest BCUT2D eigenvalue weighted by Crippen LogP contribution is -2.14. The molecule has 0 aliphatic heterocycles. The lowest BCUT2D eigenvalue weighted by molar-refractivity contribution is 0.0744. The number of allylic oxidation sites excluding steroid dienone is 2. The summed E-state index contributed by atoms with van der Waals surface area (Å²) in [6.45, 7) is 3.92. The number of aliphatic hydroxyl groups is 1. The minimum atomic E-state index is -1.34. The van der Waals surface area contributed by atoms with E-state index in [0.717, 1.165) is 5.57 Å². The van der Waals surface area contributed by atoms with Gasteiger partial charge in [0, 0.05) is 6.07 Å². The fourth-order valence-electron chi connectivity index (χ4n) is 2.54. The third-order valence-corrected chi connectivity index (χ3v) is 4.08. The predicted octanol–water partition coefficient (Wildman–Crippen LogP) is 3.83. The first-order chi connectivity index (χ1) is 12.4. The van der Waals surface area contributed by atoms with Crippen molar-refractivity contribution in [1.29, 1.82) is 0 Å². The van der Waals surface area contributed by atoms with Gasteiger partial charge in [0.05, 0.1) is 19.8 Å². The normalized spacial score (nSPS) is 11.6. The molecule has 0 aromatic heterocycles. The second-order valence-electron chi connectivity index (χ2n) is 6.21. The number of rotatable bonds is 7. The third kappa shape index (κ3) is 4.43. The van der Waals surface area contributed by atoms with Crippen LogP contribution in [0, 0.1) is 0 Å². The standard InChI is InChI=1S/C21H24O5/c1-13(2)5-6-15-11-17(19(26-4)12-18(15)22)21(24)20(23)14-7-9-16(25-3)10-8-14/h5,7-12,20,22-23H,6H2,1-4H3. The van der Waals surface area contributed by atoms with Gasteiger partial charge in [-0.3, -0.25) is 4.79 Å². The van der Waals surface area contributed by atoms with Gasteiger partial charge in [-0.15, -0.1) is 0 Å². The molecule has 0 aliphatic carbocycles. The summed E-state index contributed by atoms with van der Waals surface area (Å²) in [4.78, 5) is 12.8. The van der Waals surface area contributed by atoms with E-state index in [9.17, 15) is 15.0 Å². The third-order valence-electron chi connectivity index (χ3n) is 4.08. The van der Waals surface area contributed by atoms with E-state index in [1.165, 1.54) is 13.2 Å². The van der Waals surface area contributed by atoms with Gasteiger partial charge >= 0.3 is 0 Å². The summed E-state index contributed by atoms with van der Waals surface area (Å²) >= 11 is 0. The smallest absolute Gasteiger partial charge is 0.199 e. The fraction of sp³-hybridized carbons (Fsp3) is 0.286. The molecule has 5 heteroatoms. The molecule has 138 valence electrons. The molecular formula is C21H24O5. The van der Waals surface area contributed by atoms with Crippen molar-refractivity contribution >= 4 is 5.78 Å². The van der Waals surface area contributed by atoms with Crippen LogP contribution in [-0.4, -0.2) is 30.2 Å². The number of carbonyl (C=O) groups excluding carboxylic acids is 1. The lowest BCUT2D eigenvalue weighted by atomic mass is 9.96. The number of phenolic OH excluding ortho intramolecular Hbond substituents is 1. The number of hydrogen-bond acceptors (Lipinski definition) is 5. The number of hydrogen-bond donors (Lipinski definition) is 2. The van der Waals surface area contributed by atoms with Crippen LogP contribution in [0.3, 0.4) is 0 Å². The lowest BCUT2D eigenvalue weighted by Gasteiger charge is -2.15. The monoisotopic (exact) mass is 356 g/mol. The topological polar surface area (TPSA) is 76.0 Å². The highest BCUT2D eigenvalue weighted by molar-refractivity contribution is 6.02. The number of methoxy groups -OCH3 is 2. The minimum absolute atomic E-state index is 0.0508. The van der Waals surface area contributed by atoms with Crippen molar-refractivity contribution < 1.29 is 24.5 Å². The van der Waals surface area contributed by atoms with Gasteiger partial charge in [0.1, 0.15) is 23.4 Å². The highest BCUT2D eigenvalue weighted by Gasteiger charge is 2.24. The van der Waals surface area contributed by atoms with Crippen molar-refractivity contribution in [3.63, 3.8) is 0 Å². The van der Waals surface area contributed by atoms with Crippen molar-refractivity contribution in [2.45, 2.75) is 26.4 Å². The zero-order chi connectivity index (χ0) is 19.3. The summed E-state index contributed by atoms with van der Waals surface area (Å²) in [5.41, 5.74) is 2.38. The molecule has 1 atom stereocenters. The van der Waals surface area contributed by atoms with Gasteiger partial charge in [-0.25, -0.2) is 0 Å². The summed E-state index contributed by atoms with van der Waals surface area (Å²) in [7, 11) is 2.97. The van der Waals surface area contributed by atoms with Crippen LogP contribution in [0.25, 0.3) is 0 Å². The van der Waals surface area contributed by atoms with Crippen molar-refractivity contribution in [3.8, 4) is 17.2 Å². The molecule has 0 spiro atoms. The van der Waals surface area contributed by atoms with Crippen LogP contribution in [0.5, 0.6) is 17.2 Å². The van der Waals surface area contributed by atoms with E-state index in [2.05, 4.69) is 0 Å². The Morgan fingerprint density at radius 3 is 2.31 bits per heavy atom. The van der Waals surface area contributed by atoms with Gasteiger partial charge in [-0.1, -0.05) is 23.8 Å². The zero-order valence-electron chi connectivity index (χ0n) is 15.4. The van der Waals surface area contributed by atoms with Crippen LogP contribution < -0.4 is 9.47 Å². The molecule has 1 unspecified atom stereocenters. The van der Waals surface area contributed by atoms with Crippen molar-refractivity contribution in [2.24, 2.45) is 0 Å². The number of benzene rings is 2. The van der Waals surface area contributed by atoms with E-state index < -0.39 is 11.9 Å². The minimum Gasteiger partial charge on any atom is -0.508 e. The highest BCUT2D eigenvalue weighted by Crippen LogP contribution is 2.32. The van der Waals surface area contributed by atoms with Crippen molar-refractivity contribution in [1.82, 2.24) is 0 Å². The molecule has 0 amide bonds. The van der Waals surface area contributed by atoms with E-state index in [-0.39, 0.29) is 17.1 Å². The first kappa shape index (κ1) is 19.5. The molecule has 26 heavy (non-hydrogen) atoms. The predicted molar refractivity (Wildman–Crippen MR) is 100 cm³/mol. The molecule has 0 aliphatic rings. The zero-order valence-corrected chi connectivity index (χ0v) is 15.4. The average molecular weight is 356 g/mol. The molecule has 0 heterocycles. The fourth-order valence-corrected chi connectivity index (χ4v) is 2.54. The number of phenols is 1. The van der Waals surface area contributed by atoms with E-state index in [1.54, 1.807) is 37.4 Å². The molecule has 5 nitrogen and oxygen atoms in total. The van der Waals surface area contributed by atoms with Gasteiger partial charge in [0.2, 0.25) is 0 Å². The number of carbonyl (C=O) groups is 1. The van der Waals surface area contributed by atoms with Gasteiger partial charge < -0.3 is 19.7 Å². The Bertz CT molecular complexity index is 802. The van der Waals surface area contributed by atoms with Crippen molar-refractivity contribution in [3.05, 3.63) is 64.7 Å². The second-order valence-corrected chi connectivity index (χ2v) is 6.21. The van der Waals surface area contributed by atoms with Crippen LogP contribution in [0.1, 0.15) is 41.4 Å². The molecule has 2 N–H and O–H groups in total. The van der Waals surface area contributed by atoms with Crippen molar-refractivity contribution in [2.75, 3.05) is 14.2 Å². The van der Waals surface area contributed by atoms with E-state index >= 15 is 0 Å². The van der Waals surface area contributed by atoms with E-state index in [4.69, 9.17) is 9.47 Å². The van der Waals surface area contributed by atoms with Gasteiger partial charge in [-0.05, 0) is 49.6 Å². The van der Waals surface area contributed by atoms with Crippen LogP contribution >= 0.6 is 0 Å². The van der Waals surface area contributed by atoms with Gasteiger partial charge in [-0.2, -0.15) is 0 Å². The maximum absolute atomic E-state index is 12.8. The molecule has 0 saturated heterocycles. The summed E-state index contributed by atoms with van der Waals surface area (Å²) in [5, 5.41) is 20.6. The molecule has 0 bridgehead atoms. The van der Waals surface area contributed by atoms with Gasteiger partial charge in [0.25, 0.3) is 0 Å². The Hall–Kier alpha value is -2.79. The first-order valence-electron chi connectivity index (χ1n) is 8.26. The average Bonchev–Trinajstić information content (AvgIpc) is 2.65. The summed E-state index contributed by atoms with van der Waals surface area (Å²) in [5.74, 6) is 0.418. The first-order valence-corrected chi connectivity index (χ1v) is 8.26. The van der Waals surface area contributed by atoms with Gasteiger partial charge in [0.15, 0.2) is 5.78 Å². The number of ether oxygens (including phenoxy) is 2. The Morgan fingerprint density at radius 1 is 1.12 bits per heavy atom. The molecule has 0 fully saturated rings. The largest absolute Gasteiger partial charge is 0.508 e. The van der Waals surface area contributed by atoms with Crippen LogP contribution in [0.15, 0.2) is 48.0 Å². The quantitative estimate of drug-likeness (QED) is 0.582. The van der Waals surface area contributed by atoms with E-state index in [1.807, 2.05) is 19.9 Å². The number of ketones is 1. The highest BCUT2D eigenvalue weighted by atomic mass is 16.5. The number of Topliss-reactive ketones (excluding diaryl/α,β-unsaturated/α-hetero) is 1. The SMILES string of the molecule is COc1ccc(C(O)C(=O)c2cc(CC=C(C)C)c(O)cc2OC)cc1. The molecule has 0 saturated carbocycles. The van der Waals surface area contributed by atoms with Crippen LogP contribution in [-0.2, 0) is 6.42 Å². The Morgan fingerprint density at radius 2 is 1.77 bits per heavy atom. The maximum Gasteiger partial charge on any atom is 0.199 e. The Balaban J connectivity index is 2.38. The number of aliphatic hydroxyl groups excluding tert-OH is 1. The maximum atomic E-state index is 12.8. The second kappa shape index (κ2) is 8.54. The summed E-state index contributed by atoms with van der Waals surface area (Å²) < 4.78 is 10.3. The Kier molecular flexibility index (Phi) is 6.41. The van der Waals surface area contributed by atoms with E-state index in [0.29, 0.717) is 23.3 Å². The van der Waals surface area contributed by atoms with Crippen LogP contribution in [0.4, 0.5) is 0 Å². The Labute approximate surface area is 153 Å². The van der Waals surface area contributed by atoms with Crippen LogP contribution in [0.2, 0.25) is 0 Å². The molecule has 2 aromatic rings. The summed E-state index contributed by atoms with van der Waals surface area (Å²) in [6.07, 6.45) is 1.10. The molecular weight excluding hydrogens is 332 g/mol. The molecule has 0 radical (unpaired) electrons. The molecule has 2 rings (SSSR count). The number of aromatic hydroxyl groups is 1.